The van der Waals surface area contributed by atoms with E-state index in [0.717, 1.165) is 27.9 Å². The number of hydrogen-bond acceptors (Lipinski definition) is 6. The molecule has 4 aromatic rings. The Labute approximate surface area is 251 Å². The maximum atomic E-state index is 14.1. The Balaban J connectivity index is 1.85. The number of carbonyl (C=O) groups excluding carboxylic acids is 1. The zero-order chi connectivity index (χ0) is 30.3. The standard InChI is InChI=1S/C33H35ClN6O2/c1-8-23-12-10-11-13-24(23)29-26(34)16-25-31(39-15-14-38(18-21(39)6)27(41)9-2)37-33(42)40(32(25)36-29)30-22(7)20(5)17-35-28(30)19(3)4/h8-13,16-17,19,21H,1-2,14-15,18H2,3-7H3/t21-/m0/s1/i41+2. The van der Waals surface area contributed by atoms with Crippen LogP contribution in [0.1, 0.15) is 49.1 Å². The monoisotopic (exact) mass is 584 g/mol. The molecule has 216 valence electrons. The van der Waals surface area contributed by atoms with Gasteiger partial charge < -0.3 is 9.80 Å². The molecule has 9 heteroatoms. The Morgan fingerprint density at radius 2 is 1.90 bits per heavy atom. The van der Waals surface area contributed by atoms with Crippen LogP contribution in [0, 0.1) is 13.8 Å². The topological polar surface area (TPSA) is 84.2 Å². The molecule has 1 aliphatic rings. The van der Waals surface area contributed by atoms with Crippen LogP contribution in [0.2, 0.25) is 5.02 Å². The van der Waals surface area contributed by atoms with Gasteiger partial charge in [0.2, 0.25) is 5.91 Å². The highest BCUT2D eigenvalue weighted by Crippen LogP contribution is 2.37. The number of fused-ring (bicyclic) bond motifs is 1. The van der Waals surface area contributed by atoms with Crippen LogP contribution in [0.3, 0.4) is 0 Å². The van der Waals surface area contributed by atoms with Gasteiger partial charge in [0, 0.05) is 37.4 Å². The average molecular weight is 585 g/mol. The maximum Gasteiger partial charge on any atom is 0.355 e. The summed E-state index contributed by atoms with van der Waals surface area (Å²) in [4.78, 5) is 44.8. The van der Waals surface area contributed by atoms with Crippen LogP contribution >= 0.6 is 11.6 Å². The van der Waals surface area contributed by atoms with Crippen LogP contribution in [0.15, 0.2) is 60.6 Å². The van der Waals surface area contributed by atoms with Crippen LogP contribution < -0.4 is 10.6 Å². The smallest absolute Gasteiger partial charge is 0.350 e. The molecular formula is C33H35ClN6O2. The second-order valence-electron chi connectivity index (χ2n) is 11.0. The number of piperazine rings is 1. The lowest BCUT2D eigenvalue weighted by molar-refractivity contribution is -0.126. The van der Waals surface area contributed by atoms with Gasteiger partial charge in [-0.15, -0.1) is 0 Å². The van der Waals surface area contributed by atoms with Crippen molar-refractivity contribution in [3.8, 4) is 16.9 Å². The quantitative estimate of drug-likeness (QED) is 0.201. The summed E-state index contributed by atoms with van der Waals surface area (Å²) < 4.78 is 1.59. The van der Waals surface area contributed by atoms with E-state index in [1.54, 1.807) is 15.5 Å². The van der Waals surface area contributed by atoms with Crippen molar-refractivity contribution in [1.82, 2.24) is 24.4 Å². The third-order valence-electron chi connectivity index (χ3n) is 7.98. The van der Waals surface area contributed by atoms with Gasteiger partial charge in [0.25, 0.3) is 0 Å². The summed E-state index contributed by atoms with van der Waals surface area (Å²) in [7, 11) is 0. The van der Waals surface area contributed by atoms with Gasteiger partial charge in [0.15, 0.2) is 5.65 Å². The van der Waals surface area contributed by atoms with E-state index in [0.29, 0.717) is 52.9 Å². The van der Waals surface area contributed by atoms with Crippen LogP contribution in [-0.4, -0.2) is 56.0 Å². The number of rotatable bonds is 6. The number of aromatic nitrogens is 4. The van der Waals surface area contributed by atoms with Crippen molar-refractivity contribution in [2.75, 3.05) is 24.5 Å². The fourth-order valence-corrected chi connectivity index (χ4v) is 5.87. The number of anilines is 1. The molecule has 0 unspecified atom stereocenters. The van der Waals surface area contributed by atoms with Crippen molar-refractivity contribution in [2.45, 2.75) is 46.6 Å². The first-order chi connectivity index (χ1) is 20.1. The van der Waals surface area contributed by atoms with Gasteiger partial charge in [0.1, 0.15) is 5.82 Å². The third kappa shape index (κ3) is 5.00. The Morgan fingerprint density at radius 3 is 2.57 bits per heavy atom. The van der Waals surface area contributed by atoms with E-state index in [9.17, 15) is 9.59 Å². The van der Waals surface area contributed by atoms with Gasteiger partial charge in [-0.25, -0.2) is 14.3 Å². The Kier molecular flexibility index (Phi) is 8.01. The van der Waals surface area contributed by atoms with Crippen LogP contribution in [0.5, 0.6) is 0 Å². The first kappa shape index (κ1) is 29.2. The van der Waals surface area contributed by atoms with Crippen molar-refractivity contribution in [2.24, 2.45) is 0 Å². The number of halogens is 1. The van der Waals surface area contributed by atoms with E-state index < -0.39 is 5.69 Å². The molecule has 0 radical (unpaired) electrons. The molecular weight excluding hydrogens is 550 g/mol. The number of hydrogen-bond donors (Lipinski definition) is 0. The lowest BCUT2D eigenvalue weighted by atomic mass is 10.0. The highest BCUT2D eigenvalue weighted by Gasteiger charge is 2.30. The number of benzene rings is 1. The zero-order valence-corrected chi connectivity index (χ0v) is 25.4. The summed E-state index contributed by atoms with van der Waals surface area (Å²) >= 11 is 6.97. The number of nitrogens with zero attached hydrogens (tertiary/aromatic N) is 6. The largest absolute Gasteiger partial charge is 0.355 e. The number of amides is 1. The van der Waals surface area contributed by atoms with Gasteiger partial charge >= 0.3 is 5.69 Å². The number of pyridine rings is 2. The maximum absolute atomic E-state index is 14.1. The predicted octanol–water partition coefficient (Wildman–Crippen LogP) is 6.10. The summed E-state index contributed by atoms with van der Waals surface area (Å²) in [5.74, 6) is 0.421. The molecule has 1 amide bonds. The zero-order valence-electron chi connectivity index (χ0n) is 24.7. The minimum atomic E-state index is -0.454. The molecule has 8 nitrogen and oxygen atoms in total. The van der Waals surface area contributed by atoms with E-state index in [1.807, 2.05) is 57.3 Å². The van der Waals surface area contributed by atoms with E-state index in [-0.39, 0.29) is 17.9 Å². The van der Waals surface area contributed by atoms with Gasteiger partial charge in [0.05, 0.1) is 27.5 Å². The van der Waals surface area contributed by atoms with Crippen LogP contribution in [-0.2, 0) is 4.79 Å². The minimum absolute atomic E-state index is 0.0460. The molecule has 1 aromatic carbocycles. The summed E-state index contributed by atoms with van der Waals surface area (Å²) in [6.07, 6.45) is 4.93. The Morgan fingerprint density at radius 1 is 1.17 bits per heavy atom. The van der Waals surface area contributed by atoms with Crippen molar-refractivity contribution in [3.63, 3.8) is 0 Å². The minimum Gasteiger partial charge on any atom is -0.350 e. The number of aryl methyl sites for hydroxylation is 1. The molecule has 0 aliphatic carbocycles. The highest BCUT2D eigenvalue weighted by atomic mass is 35.5. The molecule has 1 fully saturated rings. The van der Waals surface area contributed by atoms with Gasteiger partial charge in [-0.3, -0.25) is 9.78 Å². The lowest BCUT2D eigenvalue weighted by Crippen LogP contribution is -2.54. The second kappa shape index (κ2) is 11.5. The Hall–Kier alpha value is -4.30. The SMILES string of the molecule is C=CC(=[18O])N1CCN(c2nc(=O)n(-c3c(C(C)C)ncc(C)c3C)c3nc(-c4ccccc4C=C)c(Cl)cc23)[C@@H](C)C1. The second-order valence-corrected chi connectivity index (χ2v) is 11.4. The summed E-state index contributed by atoms with van der Waals surface area (Å²) in [6, 6.07) is 9.49. The summed E-state index contributed by atoms with van der Waals surface area (Å²) in [6.45, 7) is 19.1. The van der Waals surface area contributed by atoms with E-state index in [2.05, 4.69) is 36.9 Å². The lowest BCUT2D eigenvalue weighted by Gasteiger charge is -2.40. The molecule has 4 heterocycles. The highest BCUT2D eigenvalue weighted by molar-refractivity contribution is 6.34. The molecule has 0 bridgehead atoms. The first-order valence-corrected chi connectivity index (χ1v) is 14.4. The van der Waals surface area contributed by atoms with Gasteiger partial charge in [-0.1, -0.05) is 68.9 Å². The molecule has 42 heavy (non-hydrogen) atoms. The van der Waals surface area contributed by atoms with Crippen molar-refractivity contribution in [1.29, 1.82) is 0 Å². The van der Waals surface area contributed by atoms with Gasteiger partial charge in [-0.05, 0) is 55.5 Å². The summed E-state index contributed by atoms with van der Waals surface area (Å²) in [5.41, 5.74) is 5.58. The van der Waals surface area contributed by atoms with Crippen molar-refractivity contribution >= 4 is 40.4 Å². The van der Waals surface area contributed by atoms with Crippen LogP contribution in [0.25, 0.3) is 34.1 Å². The first-order valence-electron chi connectivity index (χ1n) is 14.1. The average Bonchev–Trinajstić information content (AvgIpc) is 2.98. The fourth-order valence-electron chi connectivity index (χ4n) is 5.62. The van der Waals surface area contributed by atoms with E-state index >= 15 is 0 Å². The molecule has 5 rings (SSSR count). The van der Waals surface area contributed by atoms with Crippen molar-refractivity contribution in [3.05, 3.63) is 93.7 Å². The Bertz CT molecular complexity index is 1790. The van der Waals surface area contributed by atoms with E-state index in [4.69, 9.17) is 21.6 Å². The van der Waals surface area contributed by atoms with E-state index in [1.165, 1.54) is 6.08 Å². The van der Waals surface area contributed by atoms with Crippen molar-refractivity contribution < 1.29 is 4.79 Å². The van der Waals surface area contributed by atoms with Gasteiger partial charge in [-0.2, -0.15) is 4.98 Å². The molecule has 0 N–H and O–H groups in total. The third-order valence-corrected chi connectivity index (χ3v) is 8.27. The summed E-state index contributed by atoms with van der Waals surface area (Å²) in [5, 5.41) is 1.08. The normalized spacial score (nSPS) is 15.4. The molecule has 1 saturated heterocycles. The molecule has 3 aromatic heterocycles. The van der Waals surface area contributed by atoms with Crippen LogP contribution in [0.4, 0.5) is 5.82 Å². The molecule has 1 aliphatic heterocycles. The molecule has 0 spiro atoms. The predicted molar refractivity (Wildman–Crippen MR) is 171 cm³/mol. The number of carbonyl (C=O) groups is 1. The fraction of sp³-hybridized carbons (Fsp3) is 0.303. The molecule has 1 atom stereocenters. The molecule has 0 saturated carbocycles.